The zero-order chi connectivity index (χ0) is 38.6. The van der Waals surface area contributed by atoms with E-state index in [0.717, 1.165) is 101 Å². The molecule has 0 N–H and O–H groups in total. The fourth-order valence-electron chi connectivity index (χ4n) is 8.13. The molecule has 0 unspecified atom stereocenters. The first-order valence-corrected chi connectivity index (χ1v) is 20.1. The van der Waals surface area contributed by atoms with Gasteiger partial charge in [-0.25, -0.2) is 9.03 Å². The van der Waals surface area contributed by atoms with Crippen molar-refractivity contribution in [1.82, 2.24) is 19.2 Å². The number of piperidine rings is 2. The summed E-state index contributed by atoms with van der Waals surface area (Å²) in [5.41, 5.74) is 12.3. The number of hydrogen-bond donors (Lipinski definition) is 0. The van der Waals surface area contributed by atoms with Crippen LogP contribution in [0.2, 0.25) is 20.1 Å². The Morgan fingerprint density at radius 1 is 0.600 bits per heavy atom. The van der Waals surface area contributed by atoms with Crippen LogP contribution in [-0.2, 0) is 14.3 Å². The van der Waals surface area contributed by atoms with Crippen molar-refractivity contribution >= 4 is 74.6 Å². The molecule has 0 saturated carbocycles. The van der Waals surface area contributed by atoms with Crippen LogP contribution >= 0.6 is 46.4 Å². The number of carbonyl (C=O) groups is 1. The Kier molecular flexibility index (Phi) is 10.6. The summed E-state index contributed by atoms with van der Waals surface area (Å²) in [5.74, 6) is -0.0439. The van der Waals surface area contributed by atoms with Gasteiger partial charge in [-0.05, 0) is 99.5 Å². The molecule has 55 heavy (non-hydrogen) atoms. The number of fused-ring (bicyclic) bond motifs is 2. The second-order valence-corrected chi connectivity index (χ2v) is 16.3. The molecular formula is C42H42Cl4N6O3. The van der Waals surface area contributed by atoms with Gasteiger partial charge in [0.15, 0.2) is 5.79 Å². The average molecular weight is 821 g/mol. The van der Waals surface area contributed by atoms with Crippen molar-refractivity contribution in [3.8, 4) is 22.5 Å². The summed E-state index contributed by atoms with van der Waals surface area (Å²) in [6.07, 6.45) is 2.94. The number of nitrogens with zero attached hydrogens (tertiary/aromatic N) is 6. The molecule has 0 amide bonds. The number of halogens is 4. The van der Waals surface area contributed by atoms with E-state index in [9.17, 15) is 4.79 Å². The monoisotopic (exact) mass is 818 g/mol. The molecule has 3 saturated heterocycles. The zero-order valence-electron chi connectivity index (χ0n) is 31.3. The lowest BCUT2D eigenvalue weighted by atomic mass is 10.0. The van der Waals surface area contributed by atoms with Crippen LogP contribution < -0.4 is 9.80 Å². The molecule has 3 aliphatic heterocycles. The van der Waals surface area contributed by atoms with E-state index in [2.05, 4.69) is 47.9 Å². The topological polar surface area (TPSA) is 76.6 Å². The van der Waals surface area contributed by atoms with Gasteiger partial charge in [-0.15, -0.1) is 0 Å². The van der Waals surface area contributed by atoms with E-state index in [1.807, 2.05) is 47.1 Å². The quantitative estimate of drug-likeness (QED) is 0.175. The average Bonchev–Trinajstić information content (AvgIpc) is 3.83. The fraction of sp³-hybridized carbons (Fsp3) is 0.357. The van der Waals surface area contributed by atoms with E-state index in [1.165, 1.54) is 5.69 Å². The van der Waals surface area contributed by atoms with Crippen LogP contribution in [0.25, 0.3) is 33.5 Å². The Balaban J connectivity index is 0.000000156. The molecule has 0 atom stereocenters. The van der Waals surface area contributed by atoms with E-state index >= 15 is 0 Å². The van der Waals surface area contributed by atoms with E-state index in [4.69, 9.17) is 66.1 Å². The third-order valence-corrected chi connectivity index (χ3v) is 11.9. The molecule has 0 radical (unpaired) electrons. The lowest BCUT2D eigenvalue weighted by Crippen LogP contribution is -2.45. The largest absolute Gasteiger partial charge is 0.369 e. The first kappa shape index (κ1) is 38.1. The Bertz CT molecular complexity index is 2430. The van der Waals surface area contributed by atoms with Crippen molar-refractivity contribution in [3.63, 3.8) is 0 Å². The number of ether oxygens (including phenoxy) is 2. The third kappa shape index (κ3) is 7.43. The van der Waals surface area contributed by atoms with Gasteiger partial charge in [0.25, 0.3) is 0 Å². The number of hydrogen-bond acceptors (Lipinski definition) is 7. The minimum Gasteiger partial charge on any atom is -0.369 e. The van der Waals surface area contributed by atoms with Gasteiger partial charge in [0.2, 0.25) is 0 Å². The zero-order valence-corrected chi connectivity index (χ0v) is 34.3. The number of Topliss-reactive ketones (excluding diaryl/α,β-unsaturated/α-hetero) is 1. The summed E-state index contributed by atoms with van der Waals surface area (Å²) in [4.78, 5) is 16.3. The minimum absolute atomic E-state index is 0.336. The molecule has 6 aromatic rings. The maximum Gasteiger partial charge on any atom is 0.171 e. The smallest absolute Gasteiger partial charge is 0.171 e. The van der Waals surface area contributed by atoms with Gasteiger partial charge in [-0.3, -0.25) is 4.79 Å². The van der Waals surface area contributed by atoms with E-state index < -0.39 is 0 Å². The van der Waals surface area contributed by atoms with Crippen molar-refractivity contribution in [3.05, 3.63) is 103 Å². The summed E-state index contributed by atoms with van der Waals surface area (Å²) in [6, 6.07) is 19.7. The summed E-state index contributed by atoms with van der Waals surface area (Å²) >= 11 is 25.2. The third-order valence-electron chi connectivity index (χ3n) is 10.8. The summed E-state index contributed by atoms with van der Waals surface area (Å²) < 4.78 is 15.8. The minimum atomic E-state index is -0.380. The highest BCUT2D eigenvalue weighted by Gasteiger charge is 2.40. The van der Waals surface area contributed by atoms with Crippen molar-refractivity contribution in [1.29, 1.82) is 0 Å². The summed E-state index contributed by atoms with van der Waals surface area (Å²) in [5, 5.41) is 12.0. The first-order valence-electron chi connectivity index (χ1n) is 18.6. The number of benzene rings is 2. The molecule has 286 valence electrons. The fourth-order valence-corrected chi connectivity index (χ4v) is 9.12. The molecule has 0 aliphatic carbocycles. The number of aromatic nitrogens is 4. The van der Waals surface area contributed by atoms with Crippen molar-refractivity contribution in [2.45, 2.75) is 59.2 Å². The van der Waals surface area contributed by atoms with Gasteiger partial charge < -0.3 is 19.3 Å². The standard InChI is InChI=1S/C22H23Cl2N3O2.C20H19Cl2N3O/c1-14-11-20-19(26-7-5-22(6-8-26)28-9-10-29-22)12-15(2)25-27(20)21(14)17-4-3-16(23)13-18(17)24;1-12-9-19-18(24-7-5-15(26)6-8-24)10-13(2)23-25(19)20(12)16-4-3-14(21)11-17(16)22/h3-4,11-13H,5-10H2,1-2H3;3-4,9-11H,5-8H2,1-2H3. The first-order chi connectivity index (χ1) is 26.4. The van der Waals surface area contributed by atoms with Gasteiger partial charge in [0.05, 0.1) is 68.4 Å². The van der Waals surface area contributed by atoms with E-state index in [1.54, 1.807) is 12.1 Å². The molecular weight excluding hydrogens is 778 g/mol. The maximum atomic E-state index is 11.6. The molecule has 3 aliphatic rings. The van der Waals surface area contributed by atoms with Crippen LogP contribution in [0.1, 0.15) is 48.2 Å². The van der Waals surface area contributed by atoms with Gasteiger partial charge in [0, 0.05) is 73.0 Å². The summed E-state index contributed by atoms with van der Waals surface area (Å²) in [7, 11) is 0. The Morgan fingerprint density at radius 2 is 1.04 bits per heavy atom. The molecule has 4 aromatic heterocycles. The predicted octanol–water partition coefficient (Wildman–Crippen LogP) is 10.4. The highest BCUT2D eigenvalue weighted by molar-refractivity contribution is 6.37. The number of aryl methyl sites for hydroxylation is 4. The van der Waals surface area contributed by atoms with Crippen molar-refractivity contribution in [2.75, 3.05) is 49.2 Å². The second kappa shape index (κ2) is 15.3. The van der Waals surface area contributed by atoms with Crippen molar-refractivity contribution in [2.24, 2.45) is 0 Å². The van der Waals surface area contributed by atoms with Crippen LogP contribution in [0, 0.1) is 27.7 Å². The van der Waals surface area contributed by atoms with Crippen LogP contribution in [0.4, 0.5) is 11.4 Å². The molecule has 9 rings (SSSR count). The number of ketones is 1. The lowest BCUT2D eigenvalue weighted by molar-refractivity contribution is -0.169. The number of rotatable bonds is 4. The van der Waals surface area contributed by atoms with E-state index in [0.29, 0.717) is 51.9 Å². The van der Waals surface area contributed by atoms with Crippen LogP contribution in [0.15, 0.2) is 60.7 Å². The van der Waals surface area contributed by atoms with Gasteiger partial charge >= 0.3 is 0 Å². The summed E-state index contributed by atoms with van der Waals surface area (Å²) in [6.45, 7) is 12.8. The van der Waals surface area contributed by atoms with Crippen LogP contribution in [0.5, 0.6) is 0 Å². The molecule has 3 fully saturated rings. The normalized spacial score (nSPS) is 17.1. The highest BCUT2D eigenvalue weighted by atomic mass is 35.5. The Morgan fingerprint density at radius 3 is 1.47 bits per heavy atom. The van der Waals surface area contributed by atoms with Crippen LogP contribution in [0.3, 0.4) is 0 Å². The van der Waals surface area contributed by atoms with Gasteiger partial charge in [-0.1, -0.05) is 46.4 Å². The molecule has 1 spiro atoms. The molecule has 13 heteroatoms. The second-order valence-electron chi connectivity index (χ2n) is 14.7. The number of carbonyl (C=O) groups excluding carboxylic acids is 1. The molecule has 0 bridgehead atoms. The Labute approximate surface area is 340 Å². The number of anilines is 2. The van der Waals surface area contributed by atoms with Gasteiger partial charge in [-0.2, -0.15) is 10.2 Å². The van der Waals surface area contributed by atoms with E-state index in [-0.39, 0.29) is 5.79 Å². The lowest BCUT2D eigenvalue weighted by Gasteiger charge is -2.39. The SMILES string of the molecule is Cc1cc(N2CCC(=O)CC2)c2cc(C)c(-c3ccc(Cl)cc3Cl)n2n1.Cc1cc(N2CCC3(CC2)OCCO3)c2cc(C)c(-c3ccc(Cl)cc3Cl)n2n1. The maximum absolute atomic E-state index is 11.6. The van der Waals surface area contributed by atoms with Gasteiger partial charge in [0.1, 0.15) is 5.78 Å². The highest BCUT2D eigenvalue weighted by Crippen LogP contribution is 2.40. The molecule has 9 nitrogen and oxygen atoms in total. The predicted molar refractivity (Wildman–Crippen MR) is 223 cm³/mol. The van der Waals surface area contributed by atoms with Crippen molar-refractivity contribution < 1.29 is 14.3 Å². The molecule has 2 aromatic carbocycles. The molecule has 7 heterocycles. The Hall–Kier alpha value is -3.83. The van der Waals surface area contributed by atoms with Crippen LogP contribution in [-0.4, -0.2) is 70.2 Å².